The molecule has 36 heteroatoms. The first-order valence-electron chi connectivity index (χ1n) is 34.2. The number of azo groups is 1. The number of rotatable bonds is 61. The van der Waals surface area contributed by atoms with E-state index in [0.29, 0.717) is 205 Å². The molecule has 0 unspecified atom stereocenters. The summed E-state index contributed by atoms with van der Waals surface area (Å²) in [4.78, 5) is 87.3. The van der Waals surface area contributed by atoms with Crippen LogP contribution in [-0.2, 0) is 112 Å². The van der Waals surface area contributed by atoms with Crippen LogP contribution in [-0.4, -0.2) is 252 Å². The fourth-order valence-corrected chi connectivity index (χ4v) is 9.06. The van der Waals surface area contributed by atoms with E-state index >= 15 is 0 Å². The first-order valence-corrected chi connectivity index (χ1v) is 34.2. The summed E-state index contributed by atoms with van der Waals surface area (Å²) in [5, 5.41) is 45.9. The van der Waals surface area contributed by atoms with Crippen molar-refractivity contribution < 1.29 is 101 Å². The number of carbonyl (C=O) groups is 6. The van der Waals surface area contributed by atoms with E-state index < -0.39 is 29.8 Å². The zero-order valence-corrected chi connectivity index (χ0v) is 58.4. The van der Waals surface area contributed by atoms with Crippen LogP contribution in [0.1, 0.15) is 55.3 Å². The number of aryl methyl sites for hydroxylation is 1. The van der Waals surface area contributed by atoms with Gasteiger partial charge in [-0.1, -0.05) is 29.5 Å². The zero-order valence-electron chi connectivity index (χ0n) is 58.4. The standard InChI is InChI=1S/C68H97N15O21/c69-58(67(90)91)44-52(66(88)89)2-1-3-61(86)75-53-8-12-55(13-9-53)79-80-56-14-10-54(11-15-56)76-62(87)46-72-60(85)18-20-92-22-24-94-26-28-96-30-32-98-34-36-100-38-40-102-42-43-103-41-39-101-37-35-99-33-31-97-29-27-95-25-23-93-21-19-83-47-57(81-82-83)16-17-59(84)71-45-50-4-6-51(7-5-50)48-104-65-63-64(74-49-73-63)77-68(70)78-65/h4-15,47,49,52,58H,1-3,16-46,48,69H2,(H,71,84)(H,72,85)(H,75,86)(H,76,87)(H,88,89)(H,90,91)(H3,70,73,74,77,78)/t52-,58-/m0/s1. The summed E-state index contributed by atoms with van der Waals surface area (Å²) in [5.74, 6) is -4.20. The lowest BCUT2D eigenvalue weighted by Gasteiger charge is -2.14. The Balaban J connectivity index is 0.593. The first kappa shape index (κ1) is 83.8. The van der Waals surface area contributed by atoms with Gasteiger partial charge < -0.3 is 110 Å². The van der Waals surface area contributed by atoms with Crippen molar-refractivity contribution in [2.75, 3.05) is 181 Å². The Morgan fingerprint density at radius 2 is 0.981 bits per heavy atom. The number of amides is 4. The highest BCUT2D eigenvalue weighted by Crippen LogP contribution is 2.24. The van der Waals surface area contributed by atoms with E-state index in [1.54, 1.807) is 53.2 Å². The number of carboxylic acid groups (broad SMARTS) is 2. The number of H-pyrrole nitrogens is 1. The quantitative estimate of drug-likeness (QED) is 0.0194. The number of anilines is 3. The number of aromatic nitrogens is 7. The number of imidazole rings is 1. The van der Waals surface area contributed by atoms with Crippen LogP contribution in [0.4, 0.5) is 28.7 Å². The largest absolute Gasteiger partial charge is 0.481 e. The molecule has 0 saturated heterocycles. The molecular formula is C68H97N15O21. The molecule has 104 heavy (non-hydrogen) atoms. The summed E-state index contributed by atoms with van der Waals surface area (Å²) < 4.78 is 74.0. The molecular weight excluding hydrogens is 1360 g/mol. The zero-order chi connectivity index (χ0) is 73.9. The minimum absolute atomic E-state index is 0.0404. The smallest absolute Gasteiger partial charge is 0.320 e. The normalized spacial score (nSPS) is 12.0. The summed E-state index contributed by atoms with van der Waals surface area (Å²) in [6.07, 6.45) is 4.30. The molecule has 6 rings (SSSR count). The van der Waals surface area contributed by atoms with E-state index in [1.165, 1.54) is 6.33 Å². The molecule has 2 atom stereocenters. The number of nitrogens with two attached hydrogens (primary N) is 2. The summed E-state index contributed by atoms with van der Waals surface area (Å²) in [6.45, 7) is 10.8. The van der Waals surface area contributed by atoms with Crippen molar-refractivity contribution in [1.82, 2.24) is 45.6 Å². The van der Waals surface area contributed by atoms with Crippen LogP contribution in [0.2, 0.25) is 0 Å². The molecule has 0 aliphatic carbocycles. The van der Waals surface area contributed by atoms with Crippen molar-refractivity contribution in [3.63, 3.8) is 0 Å². The lowest BCUT2D eigenvalue weighted by Crippen LogP contribution is -2.34. The van der Waals surface area contributed by atoms with Crippen molar-refractivity contribution in [3.8, 4) is 5.88 Å². The molecule has 0 saturated carbocycles. The SMILES string of the molecule is Nc1nc(OCc2ccc(CNC(=O)CCc3cn(CCOCCOCCOCCOCCOCCOCCOCCOCCOCCOCCOCCOCCC(=O)NCC(=O)Nc4ccc(N=Nc5ccc(NC(=O)CCC[C@@H](C[C@H](N)C(=O)O)C(=O)O)cc5)cc4)nn3)cc2)c2nc[nH]c2n1. The van der Waals surface area contributed by atoms with Crippen LogP contribution < -0.4 is 37.5 Å². The summed E-state index contributed by atoms with van der Waals surface area (Å²) in [7, 11) is 0. The number of hydrogen-bond acceptors (Lipinski definition) is 28. The Labute approximate surface area is 601 Å². The Morgan fingerprint density at radius 3 is 1.47 bits per heavy atom. The number of carbonyl (C=O) groups excluding carboxylic acids is 4. The number of nitrogen functional groups attached to an aromatic ring is 1. The second-order valence-electron chi connectivity index (χ2n) is 22.7. The minimum atomic E-state index is -1.29. The summed E-state index contributed by atoms with van der Waals surface area (Å²) in [6, 6.07) is 19.6. The van der Waals surface area contributed by atoms with E-state index in [-0.39, 0.29) is 88.6 Å². The fourth-order valence-electron chi connectivity index (χ4n) is 9.06. The highest BCUT2D eigenvalue weighted by Gasteiger charge is 2.24. The average molecular weight is 1460 g/mol. The number of aromatic amines is 1. The van der Waals surface area contributed by atoms with Crippen LogP contribution in [0.25, 0.3) is 11.2 Å². The molecule has 11 N–H and O–H groups in total. The van der Waals surface area contributed by atoms with Gasteiger partial charge in [-0.3, -0.25) is 28.8 Å². The third-order valence-electron chi connectivity index (χ3n) is 14.6. The Hall–Kier alpha value is -9.15. The van der Waals surface area contributed by atoms with Gasteiger partial charge in [0.05, 0.1) is 201 Å². The number of nitrogens with zero attached hydrogens (tertiary/aromatic N) is 8. The molecule has 0 radical (unpaired) electrons. The highest BCUT2D eigenvalue weighted by atomic mass is 16.6. The van der Waals surface area contributed by atoms with Gasteiger partial charge in [0.15, 0.2) is 11.2 Å². The van der Waals surface area contributed by atoms with Gasteiger partial charge in [0.2, 0.25) is 35.5 Å². The number of aliphatic carboxylic acids is 2. The van der Waals surface area contributed by atoms with Gasteiger partial charge in [0.1, 0.15) is 12.6 Å². The molecule has 6 aromatic rings. The molecule has 3 aromatic heterocycles. The molecule has 4 amide bonds. The van der Waals surface area contributed by atoms with Crippen molar-refractivity contribution >= 4 is 75.4 Å². The van der Waals surface area contributed by atoms with Gasteiger partial charge in [-0.15, -0.1) is 5.10 Å². The van der Waals surface area contributed by atoms with Crippen LogP contribution >= 0.6 is 0 Å². The van der Waals surface area contributed by atoms with Crippen molar-refractivity contribution in [2.45, 2.75) is 70.7 Å². The van der Waals surface area contributed by atoms with Gasteiger partial charge >= 0.3 is 11.9 Å². The molecule has 570 valence electrons. The van der Waals surface area contributed by atoms with Gasteiger partial charge in [-0.05, 0) is 78.9 Å². The van der Waals surface area contributed by atoms with E-state index in [2.05, 4.69) is 61.7 Å². The molecule has 3 aromatic carbocycles. The van der Waals surface area contributed by atoms with Crippen LogP contribution in [0, 0.1) is 5.92 Å². The van der Waals surface area contributed by atoms with E-state index in [9.17, 15) is 33.9 Å². The van der Waals surface area contributed by atoms with E-state index in [1.807, 2.05) is 30.5 Å². The number of nitrogens with one attached hydrogen (secondary N) is 5. The number of ether oxygens (including phenoxy) is 13. The van der Waals surface area contributed by atoms with Crippen LogP contribution in [0.5, 0.6) is 5.88 Å². The van der Waals surface area contributed by atoms with Crippen molar-refractivity contribution in [1.29, 1.82) is 0 Å². The molecule has 0 aliphatic rings. The molecule has 36 nitrogen and oxygen atoms in total. The maximum atomic E-state index is 12.5. The van der Waals surface area contributed by atoms with Gasteiger partial charge in [-0.2, -0.15) is 20.2 Å². The van der Waals surface area contributed by atoms with Crippen molar-refractivity contribution in [3.05, 3.63) is 102 Å². The lowest BCUT2D eigenvalue weighted by atomic mass is 9.94. The third kappa shape index (κ3) is 37.9. The fraction of sp³-hybridized carbons (Fsp3) is 0.544. The topological polar surface area (TPSA) is 473 Å². The Morgan fingerprint density at radius 1 is 0.519 bits per heavy atom. The molecule has 3 heterocycles. The van der Waals surface area contributed by atoms with E-state index in [0.717, 1.165) is 16.8 Å². The Kier molecular flexibility index (Phi) is 41.8. The first-order chi connectivity index (χ1) is 50.8. The number of fused-ring (bicyclic) bond motifs is 1. The van der Waals surface area contributed by atoms with Crippen LogP contribution in [0.3, 0.4) is 0 Å². The molecule has 0 aliphatic heterocycles. The van der Waals surface area contributed by atoms with E-state index in [4.69, 9.17) is 78.2 Å². The number of hydrogen-bond donors (Lipinski definition) is 9. The number of carboxylic acids is 2. The van der Waals surface area contributed by atoms with Gasteiger partial charge in [-0.25, -0.2) is 9.67 Å². The molecule has 0 bridgehead atoms. The maximum absolute atomic E-state index is 12.5. The molecule has 0 fully saturated rings. The monoisotopic (exact) mass is 1460 g/mol. The minimum Gasteiger partial charge on any atom is -0.481 e. The second-order valence-corrected chi connectivity index (χ2v) is 22.7. The predicted octanol–water partition coefficient (Wildman–Crippen LogP) is 3.73. The molecule has 0 spiro atoms. The van der Waals surface area contributed by atoms with Crippen molar-refractivity contribution in [2.24, 2.45) is 21.9 Å². The number of benzene rings is 3. The average Bonchev–Trinajstić information content (AvgIpc) is 1.66. The Bertz CT molecular complexity index is 3430. The predicted molar refractivity (Wildman–Crippen MR) is 374 cm³/mol. The lowest BCUT2D eigenvalue weighted by molar-refractivity contribution is -0.144. The maximum Gasteiger partial charge on any atom is 0.320 e. The highest BCUT2D eigenvalue weighted by molar-refractivity contribution is 5.94. The summed E-state index contributed by atoms with van der Waals surface area (Å²) in [5.41, 5.74) is 16.8. The van der Waals surface area contributed by atoms with Crippen LogP contribution in [0.15, 0.2) is 95.5 Å². The summed E-state index contributed by atoms with van der Waals surface area (Å²) >= 11 is 0. The van der Waals surface area contributed by atoms with Gasteiger partial charge in [0.25, 0.3) is 0 Å². The second kappa shape index (κ2) is 51.9. The third-order valence-corrected chi connectivity index (χ3v) is 14.6. The van der Waals surface area contributed by atoms with Gasteiger partial charge in [0, 0.05) is 49.8 Å².